The second kappa shape index (κ2) is 10.2. The number of ether oxygens (including phenoxy) is 1. The van der Waals surface area contributed by atoms with Gasteiger partial charge >= 0.3 is 0 Å². The standard InChI is InChI=1S/C16H16O2.C13H7ClOS/c1-11-5-4-6-13(9-11)16(17)14-7-8-15(18-3)12(2)10-14;14-8-5-6-12-10(7-8)13(15)9-3-1-2-4-11(9)16-12/h4-10H,1-3H3;1-7H. The number of rotatable bonds is 3. The lowest BCUT2D eigenvalue weighted by atomic mass is 10.00. The Morgan fingerprint density at radius 1 is 0.794 bits per heavy atom. The van der Waals surface area contributed by atoms with Crippen molar-refractivity contribution in [2.24, 2.45) is 0 Å². The van der Waals surface area contributed by atoms with Crippen LogP contribution in [0.1, 0.15) is 27.0 Å². The molecule has 0 bridgehead atoms. The molecule has 3 nitrogen and oxygen atoms in total. The molecule has 170 valence electrons. The highest BCUT2D eigenvalue weighted by atomic mass is 35.5. The smallest absolute Gasteiger partial charge is 0.195 e. The fourth-order valence-electron chi connectivity index (χ4n) is 3.75. The fraction of sp³-hybridized carbons (Fsp3) is 0.103. The molecule has 0 saturated carbocycles. The van der Waals surface area contributed by atoms with Crippen LogP contribution in [0, 0.1) is 13.8 Å². The highest BCUT2D eigenvalue weighted by molar-refractivity contribution is 7.24. The Kier molecular flexibility index (Phi) is 7.11. The quantitative estimate of drug-likeness (QED) is 0.194. The SMILES string of the molecule is COc1ccc(C(=O)c2cccc(C)c2)cc1C.O=c1c2ccccc2sc2ccc(Cl)cc12. The molecule has 0 N–H and O–H groups in total. The maximum absolute atomic E-state index is 12.3. The van der Waals surface area contributed by atoms with Crippen LogP contribution in [0.25, 0.3) is 20.2 Å². The van der Waals surface area contributed by atoms with E-state index in [0.29, 0.717) is 16.0 Å². The molecule has 0 amide bonds. The third kappa shape index (κ3) is 5.04. The fourth-order valence-corrected chi connectivity index (χ4v) is 4.97. The van der Waals surface area contributed by atoms with Crippen LogP contribution in [0.2, 0.25) is 5.02 Å². The number of ketones is 1. The predicted octanol–water partition coefficient (Wildman–Crippen LogP) is 7.61. The van der Waals surface area contributed by atoms with Gasteiger partial charge in [0, 0.05) is 36.3 Å². The summed E-state index contributed by atoms with van der Waals surface area (Å²) < 4.78 is 7.19. The monoisotopic (exact) mass is 486 g/mol. The summed E-state index contributed by atoms with van der Waals surface area (Å²) in [5.41, 5.74) is 3.53. The van der Waals surface area contributed by atoms with Gasteiger partial charge in [-0.3, -0.25) is 9.59 Å². The first kappa shape index (κ1) is 23.7. The van der Waals surface area contributed by atoms with Crippen molar-refractivity contribution in [2.75, 3.05) is 7.11 Å². The van der Waals surface area contributed by atoms with Crippen molar-refractivity contribution in [1.29, 1.82) is 0 Å². The van der Waals surface area contributed by atoms with Gasteiger partial charge in [0.15, 0.2) is 11.2 Å². The molecule has 0 fully saturated rings. The van der Waals surface area contributed by atoms with Crippen LogP contribution in [0.5, 0.6) is 5.75 Å². The molecule has 0 aliphatic rings. The molecule has 0 aliphatic heterocycles. The van der Waals surface area contributed by atoms with Gasteiger partial charge in [-0.1, -0.05) is 47.5 Å². The van der Waals surface area contributed by atoms with Gasteiger partial charge in [0.1, 0.15) is 5.75 Å². The number of hydrogen-bond donors (Lipinski definition) is 0. The van der Waals surface area contributed by atoms with Gasteiger partial charge < -0.3 is 4.74 Å². The van der Waals surface area contributed by atoms with Gasteiger partial charge in [-0.25, -0.2) is 0 Å². The molecule has 5 heteroatoms. The van der Waals surface area contributed by atoms with Gasteiger partial charge in [-0.15, -0.1) is 11.3 Å². The van der Waals surface area contributed by atoms with E-state index in [2.05, 4.69) is 0 Å². The topological polar surface area (TPSA) is 43.4 Å². The number of methoxy groups -OCH3 is 1. The average Bonchev–Trinajstić information content (AvgIpc) is 2.84. The van der Waals surface area contributed by atoms with Crippen molar-refractivity contribution in [2.45, 2.75) is 13.8 Å². The molecule has 0 unspecified atom stereocenters. The van der Waals surface area contributed by atoms with E-state index in [4.69, 9.17) is 16.3 Å². The minimum atomic E-state index is 0.0458. The summed E-state index contributed by atoms with van der Waals surface area (Å²) >= 11 is 7.52. The molecule has 0 radical (unpaired) electrons. The summed E-state index contributed by atoms with van der Waals surface area (Å²) in [6, 6.07) is 26.2. The lowest BCUT2D eigenvalue weighted by Gasteiger charge is -2.07. The molecule has 0 aliphatic carbocycles. The molecule has 4 aromatic carbocycles. The zero-order chi connectivity index (χ0) is 24.2. The highest BCUT2D eigenvalue weighted by Gasteiger charge is 2.10. The van der Waals surface area contributed by atoms with Crippen molar-refractivity contribution >= 4 is 48.9 Å². The Hall–Kier alpha value is -3.47. The average molecular weight is 487 g/mol. The van der Waals surface area contributed by atoms with E-state index in [1.54, 1.807) is 30.6 Å². The first-order valence-corrected chi connectivity index (χ1v) is 11.9. The number of hydrogen-bond acceptors (Lipinski definition) is 4. The normalized spacial score (nSPS) is 10.6. The molecule has 1 aromatic heterocycles. The Labute approximate surface area is 207 Å². The first-order valence-electron chi connectivity index (χ1n) is 10.7. The number of carbonyl (C=O) groups excluding carboxylic acids is 1. The molecular weight excluding hydrogens is 464 g/mol. The second-order valence-electron chi connectivity index (χ2n) is 7.95. The summed E-state index contributed by atoms with van der Waals surface area (Å²) in [7, 11) is 1.63. The lowest BCUT2D eigenvalue weighted by molar-refractivity contribution is 0.103. The molecule has 1 heterocycles. The van der Waals surface area contributed by atoms with E-state index in [1.165, 1.54) is 0 Å². The van der Waals surface area contributed by atoms with Crippen LogP contribution in [-0.2, 0) is 0 Å². The summed E-state index contributed by atoms with van der Waals surface area (Å²) in [4.78, 5) is 24.5. The Balaban J connectivity index is 0.000000162. The molecule has 0 atom stereocenters. The van der Waals surface area contributed by atoms with Crippen LogP contribution < -0.4 is 10.2 Å². The molecule has 5 rings (SSSR count). The van der Waals surface area contributed by atoms with E-state index in [1.807, 2.05) is 86.6 Å². The van der Waals surface area contributed by atoms with Crippen molar-refractivity contribution in [3.63, 3.8) is 0 Å². The number of benzene rings is 4. The number of fused-ring (bicyclic) bond motifs is 2. The molecule has 0 saturated heterocycles. The zero-order valence-electron chi connectivity index (χ0n) is 19.1. The van der Waals surface area contributed by atoms with Crippen molar-refractivity contribution in [3.8, 4) is 5.75 Å². The Morgan fingerprint density at radius 2 is 1.53 bits per heavy atom. The van der Waals surface area contributed by atoms with Crippen molar-refractivity contribution in [1.82, 2.24) is 0 Å². The minimum absolute atomic E-state index is 0.0458. The largest absolute Gasteiger partial charge is 0.496 e. The van der Waals surface area contributed by atoms with Crippen LogP contribution in [-0.4, -0.2) is 12.9 Å². The highest BCUT2D eigenvalue weighted by Crippen LogP contribution is 2.26. The van der Waals surface area contributed by atoms with Gasteiger partial charge in [-0.05, 0) is 74.0 Å². The first-order chi connectivity index (χ1) is 16.4. The molecule has 34 heavy (non-hydrogen) atoms. The third-order valence-corrected chi connectivity index (χ3v) is 6.86. The third-order valence-electron chi connectivity index (χ3n) is 5.48. The van der Waals surface area contributed by atoms with E-state index in [9.17, 15) is 9.59 Å². The summed E-state index contributed by atoms with van der Waals surface area (Å²) in [5.74, 6) is 0.847. The predicted molar refractivity (Wildman–Crippen MR) is 143 cm³/mol. The van der Waals surface area contributed by atoms with Crippen molar-refractivity contribution < 1.29 is 9.53 Å². The lowest BCUT2D eigenvalue weighted by Crippen LogP contribution is -2.02. The minimum Gasteiger partial charge on any atom is -0.496 e. The van der Waals surface area contributed by atoms with Gasteiger partial charge in [0.2, 0.25) is 0 Å². The maximum atomic E-state index is 12.3. The maximum Gasteiger partial charge on any atom is 0.195 e. The number of halogens is 1. The van der Waals surface area contributed by atoms with E-state index in [0.717, 1.165) is 37.2 Å². The van der Waals surface area contributed by atoms with Crippen LogP contribution in [0.15, 0.2) is 89.7 Å². The molecule has 0 spiro atoms. The number of carbonyl (C=O) groups is 1. The zero-order valence-corrected chi connectivity index (χ0v) is 20.7. The summed E-state index contributed by atoms with van der Waals surface area (Å²) in [6.45, 7) is 3.92. The van der Waals surface area contributed by atoms with Gasteiger partial charge in [-0.2, -0.15) is 0 Å². The Bertz CT molecular complexity index is 1570. The molecular formula is C29H23ClO3S. The van der Waals surface area contributed by atoms with E-state index >= 15 is 0 Å². The van der Waals surface area contributed by atoms with Crippen LogP contribution in [0.3, 0.4) is 0 Å². The van der Waals surface area contributed by atoms with Crippen LogP contribution >= 0.6 is 22.9 Å². The Morgan fingerprint density at radius 3 is 2.26 bits per heavy atom. The summed E-state index contributed by atoms with van der Waals surface area (Å²) in [5, 5.41) is 2.07. The van der Waals surface area contributed by atoms with E-state index < -0.39 is 0 Å². The van der Waals surface area contributed by atoms with Gasteiger partial charge in [0.05, 0.1) is 7.11 Å². The second-order valence-corrected chi connectivity index (χ2v) is 9.47. The van der Waals surface area contributed by atoms with Crippen molar-refractivity contribution in [3.05, 3.63) is 122 Å². The van der Waals surface area contributed by atoms with E-state index in [-0.39, 0.29) is 11.2 Å². The number of aryl methyl sites for hydroxylation is 2. The van der Waals surface area contributed by atoms with Crippen LogP contribution in [0.4, 0.5) is 0 Å². The molecule has 5 aromatic rings. The summed E-state index contributed by atoms with van der Waals surface area (Å²) in [6.07, 6.45) is 0. The van der Waals surface area contributed by atoms with Gasteiger partial charge in [0.25, 0.3) is 0 Å².